The Morgan fingerprint density at radius 2 is 2.14 bits per heavy atom. The predicted octanol–water partition coefficient (Wildman–Crippen LogP) is 4.91. The highest BCUT2D eigenvalue weighted by molar-refractivity contribution is 9.10. The fourth-order valence-corrected chi connectivity index (χ4v) is 2.25. The van der Waals surface area contributed by atoms with Crippen LogP contribution in [0.4, 0.5) is 4.39 Å². The molecule has 0 aromatic heterocycles. The Morgan fingerprint density at radius 3 is 2.64 bits per heavy atom. The molecular weight excluding hydrogens is 311 g/mol. The Kier molecular flexibility index (Phi) is 4.32. The molecule has 0 aliphatic heterocycles. The molecule has 0 aliphatic carbocycles. The summed E-state index contributed by atoms with van der Waals surface area (Å²) < 4.78 is 14.3. The molecule has 0 spiro atoms. The van der Waals surface area contributed by atoms with Crippen molar-refractivity contribution >= 4 is 37.4 Å². The first-order valence-corrected chi connectivity index (χ1v) is 6.23. The van der Waals surface area contributed by atoms with Gasteiger partial charge in [0.15, 0.2) is 0 Å². The van der Waals surface area contributed by atoms with Crippen molar-refractivity contribution in [3.8, 4) is 0 Å². The van der Waals surface area contributed by atoms with Gasteiger partial charge in [-0.1, -0.05) is 45.4 Å². The second-order valence-corrected chi connectivity index (χ2v) is 4.48. The molecule has 0 N–H and O–H groups in total. The first-order valence-electron chi connectivity index (χ1n) is 4.32. The van der Waals surface area contributed by atoms with Gasteiger partial charge in [-0.25, -0.2) is 4.39 Å². The molecule has 1 rings (SSSR count). The molecule has 0 unspecified atom stereocenters. The van der Waals surface area contributed by atoms with Gasteiger partial charge < -0.3 is 0 Å². The number of hydrogen-bond acceptors (Lipinski definition) is 0. The molecular formula is C11H11Br2F. The van der Waals surface area contributed by atoms with Crippen LogP contribution in [0.25, 0.3) is 5.57 Å². The van der Waals surface area contributed by atoms with Crippen LogP contribution in [0.1, 0.15) is 24.5 Å². The highest BCUT2D eigenvalue weighted by Gasteiger charge is 2.10. The molecule has 1 aromatic rings. The van der Waals surface area contributed by atoms with Crippen LogP contribution in [0.3, 0.4) is 0 Å². The van der Waals surface area contributed by atoms with Crippen molar-refractivity contribution in [2.45, 2.75) is 18.7 Å². The van der Waals surface area contributed by atoms with E-state index in [9.17, 15) is 4.39 Å². The van der Waals surface area contributed by atoms with E-state index in [0.29, 0.717) is 10.9 Å². The predicted molar refractivity (Wildman–Crippen MR) is 66.1 cm³/mol. The third-order valence-electron chi connectivity index (χ3n) is 2.10. The fraction of sp³-hybridized carbons (Fsp3) is 0.273. The highest BCUT2D eigenvalue weighted by atomic mass is 79.9. The lowest BCUT2D eigenvalue weighted by molar-refractivity contribution is 0.616. The first-order chi connectivity index (χ1) is 6.60. The van der Waals surface area contributed by atoms with Gasteiger partial charge in [0.25, 0.3) is 0 Å². The third-order valence-corrected chi connectivity index (χ3v) is 3.12. The summed E-state index contributed by atoms with van der Waals surface area (Å²) in [4.78, 5) is 0. The van der Waals surface area contributed by atoms with Gasteiger partial charge in [-0.05, 0) is 29.7 Å². The van der Waals surface area contributed by atoms with Gasteiger partial charge in [-0.2, -0.15) is 0 Å². The summed E-state index contributed by atoms with van der Waals surface area (Å²) in [6.07, 6.45) is 0.829. The molecule has 1 aromatic carbocycles. The van der Waals surface area contributed by atoms with Gasteiger partial charge in [0.1, 0.15) is 5.82 Å². The van der Waals surface area contributed by atoms with Gasteiger partial charge in [0.2, 0.25) is 0 Å². The summed E-state index contributed by atoms with van der Waals surface area (Å²) in [5.41, 5.74) is 2.54. The van der Waals surface area contributed by atoms with Crippen LogP contribution >= 0.6 is 31.9 Å². The van der Waals surface area contributed by atoms with Crippen LogP contribution in [0.2, 0.25) is 0 Å². The molecule has 0 bridgehead atoms. The zero-order valence-corrected chi connectivity index (χ0v) is 11.1. The molecule has 14 heavy (non-hydrogen) atoms. The Morgan fingerprint density at radius 1 is 1.50 bits per heavy atom. The van der Waals surface area contributed by atoms with Crippen LogP contribution in [-0.2, 0) is 5.33 Å². The van der Waals surface area contributed by atoms with E-state index in [1.807, 2.05) is 13.0 Å². The Bertz CT molecular complexity index is 359. The molecule has 0 fully saturated rings. The Hall–Kier alpha value is -0.150. The van der Waals surface area contributed by atoms with Gasteiger partial charge in [0.05, 0.1) is 0 Å². The molecule has 76 valence electrons. The summed E-state index contributed by atoms with van der Waals surface area (Å²) >= 11 is 6.56. The van der Waals surface area contributed by atoms with Crippen molar-refractivity contribution in [1.82, 2.24) is 0 Å². The minimum atomic E-state index is -0.194. The van der Waals surface area contributed by atoms with E-state index in [-0.39, 0.29) is 5.82 Å². The number of halogens is 3. The fourth-order valence-electron chi connectivity index (χ4n) is 1.25. The van der Waals surface area contributed by atoms with Gasteiger partial charge in [-0.3, -0.25) is 0 Å². The van der Waals surface area contributed by atoms with E-state index in [2.05, 4.69) is 38.4 Å². The summed E-state index contributed by atoms with van der Waals surface area (Å²) in [5.74, 6) is -0.194. The molecule has 0 nitrogen and oxygen atoms in total. The van der Waals surface area contributed by atoms with E-state index in [1.165, 1.54) is 6.07 Å². The number of allylic oxidation sites excluding steroid dienone is 1. The number of rotatable bonds is 3. The lowest BCUT2D eigenvalue weighted by atomic mass is 10.00. The average Bonchev–Trinajstić information content (AvgIpc) is 2.15. The standard InChI is InChI=1S/C11H11Br2F/c1-3-7(2)9-4-8(13)5-11(14)10(9)6-12/h4-5H,2-3,6H2,1H3. The van der Waals surface area contributed by atoms with Crippen molar-refractivity contribution in [1.29, 1.82) is 0 Å². The molecule has 0 saturated carbocycles. The Labute approximate surface area is 100 Å². The minimum absolute atomic E-state index is 0.194. The van der Waals surface area contributed by atoms with E-state index < -0.39 is 0 Å². The van der Waals surface area contributed by atoms with Crippen molar-refractivity contribution < 1.29 is 4.39 Å². The van der Waals surface area contributed by atoms with E-state index in [1.54, 1.807) is 0 Å². The SMILES string of the molecule is C=C(CC)c1cc(Br)cc(F)c1CBr. The number of benzene rings is 1. The smallest absolute Gasteiger partial charge is 0.128 e. The average molecular weight is 322 g/mol. The highest BCUT2D eigenvalue weighted by Crippen LogP contribution is 2.28. The zero-order chi connectivity index (χ0) is 10.7. The molecule has 0 heterocycles. The van der Waals surface area contributed by atoms with Crippen LogP contribution in [0.15, 0.2) is 23.2 Å². The normalized spacial score (nSPS) is 10.3. The van der Waals surface area contributed by atoms with Crippen LogP contribution in [0, 0.1) is 5.82 Å². The lowest BCUT2D eigenvalue weighted by Gasteiger charge is -2.10. The number of alkyl halides is 1. The van der Waals surface area contributed by atoms with Crippen molar-refractivity contribution in [3.05, 3.63) is 40.1 Å². The monoisotopic (exact) mass is 320 g/mol. The molecule has 0 atom stereocenters. The lowest BCUT2D eigenvalue weighted by Crippen LogP contribution is -1.94. The molecule has 0 saturated heterocycles. The minimum Gasteiger partial charge on any atom is -0.207 e. The second kappa shape index (κ2) is 5.08. The van der Waals surface area contributed by atoms with Crippen molar-refractivity contribution in [2.75, 3.05) is 0 Å². The van der Waals surface area contributed by atoms with Crippen molar-refractivity contribution in [3.63, 3.8) is 0 Å². The van der Waals surface area contributed by atoms with Crippen molar-refractivity contribution in [2.24, 2.45) is 0 Å². The molecule has 0 amide bonds. The van der Waals surface area contributed by atoms with Gasteiger partial charge in [0, 0.05) is 15.4 Å². The third kappa shape index (κ3) is 2.45. The summed E-state index contributed by atoms with van der Waals surface area (Å²) in [6, 6.07) is 3.38. The maximum atomic E-state index is 13.5. The topological polar surface area (TPSA) is 0 Å². The summed E-state index contributed by atoms with van der Waals surface area (Å²) in [5, 5.41) is 0.514. The molecule has 0 radical (unpaired) electrons. The van der Waals surface area contributed by atoms with E-state index in [0.717, 1.165) is 22.0 Å². The van der Waals surface area contributed by atoms with Gasteiger partial charge in [-0.15, -0.1) is 0 Å². The van der Waals surface area contributed by atoms with Crippen LogP contribution < -0.4 is 0 Å². The second-order valence-electron chi connectivity index (χ2n) is 3.00. The van der Waals surface area contributed by atoms with Crippen LogP contribution in [0.5, 0.6) is 0 Å². The summed E-state index contributed by atoms with van der Waals surface area (Å²) in [6.45, 7) is 5.94. The van der Waals surface area contributed by atoms with E-state index >= 15 is 0 Å². The maximum Gasteiger partial charge on any atom is 0.128 e. The van der Waals surface area contributed by atoms with Gasteiger partial charge >= 0.3 is 0 Å². The number of hydrogen-bond donors (Lipinski definition) is 0. The first kappa shape index (κ1) is 11.9. The van der Waals surface area contributed by atoms with E-state index in [4.69, 9.17) is 0 Å². The zero-order valence-electron chi connectivity index (χ0n) is 7.91. The Balaban J connectivity index is 3.32. The maximum absolute atomic E-state index is 13.5. The largest absolute Gasteiger partial charge is 0.207 e. The quantitative estimate of drug-likeness (QED) is 0.694. The van der Waals surface area contributed by atoms with Crippen LogP contribution in [-0.4, -0.2) is 0 Å². The summed E-state index contributed by atoms with van der Waals surface area (Å²) in [7, 11) is 0. The molecule has 0 aliphatic rings. The molecule has 3 heteroatoms.